The molecule has 0 amide bonds. The predicted molar refractivity (Wildman–Crippen MR) is 176 cm³/mol. The van der Waals surface area contributed by atoms with Crippen molar-refractivity contribution in [3.05, 3.63) is 124 Å². The zero-order valence-electron chi connectivity index (χ0n) is 27.8. The van der Waals surface area contributed by atoms with Crippen LogP contribution in [-0.2, 0) is 0 Å². The third-order valence-electron chi connectivity index (χ3n) is 5.84. The van der Waals surface area contributed by atoms with Crippen LogP contribution < -0.4 is 0 Å². The molecule has 4 rings (SSSR count). The lowest BCUT2D eigenvalue weighted by molar-refractivity contribution is 1.13. The maximum Gasteiger partial charge on any atom is 0.0372 e. The molecule has 0 saturated carbocycles. The molecule has 0 N–H and O–H groups in total. The fraction of sp³-hybridized carbons (Fsp3) is 0.417. The highest BCUT2D eigenvalue weighted by molar-refractivity contribution is 5.48. The largest absolute Gasteiger partial charge is 0.265 e. The highest BCUT2D eigenvalue weighted by Crippen LogP contribution is 2.24. The van der Waals surface area contributed by atoms with Gasteiger partial charge >= 0.3 is 0 Å². The molecule has 0 atom stereocenters. The summed E-state index contributed by atoms with van der Waals surface area (Å²) in [5, 5.41) is 0. The Balaban J connectivity index is -0.000000425. The number of benzene rings is 1. The Morgan fingerprint density at radius 2 is 0.821 bits per heavy atom. The van der Waals surface area contributed by atoms with E-state index >= 15 is 0 Å². The van der Waals surface area contributed by atoms with Crippen LogP contribution in [0.5, 0.6) is 0 Å². The molecular weight excluding hydrogens is 474 g/mol. The van der Waals surface area contributed by atoms with Crippen molar-refractivity contribution >= 4 is 0 Å². The maximum atomic E-state index is 3.98. The summed E-state index contributed by atoms with van der Waals surface area (Å²) in [6, 6.07) is 13.7. The topological polar surface area (TPSA) is 38.7 Å². The van der Waals surface area contributed by atoms with Gasteiger partial charge in [0.1, 0.15) is 0 Å². The van der Waals surface area contributed by atoms with E-state index in [0.717, 1.165) is 5.69 Å². The maximum absolute atomic E-state index is 3.98. The highest BCUT2D eigenvalue weighted by atomic mass is 14.6. The van der Waals surface area contributed by atoms with Crippen LogP contribution in [0.3, 0.4) is 0 Å². The Bertz CT molecular complexity index is 880. The minimum absolute atomic E-state index is 1.07. The molecule has 3 nitrogen and oxygen atoms in total. The van der Waals surface area contributed by atoms with Crippen molar-refractivity contribution in [2.24, 2.45) is 0 Å². The molecule has 0 aliphatic heterocycles. The molecule has 39 heavy (non-hydrogen) atoms. The summed E-state index contributed by atoms with van der Waals surface area (Å²) < 4.78 is 0. The monoisotopic (exact) mass is 531 g/mol. The molecule has 0 aliphatic carbocycles. The fourth-order valence-corrected chi connectivity index (χ4v) is 3.01. The van der Waals surface area contributed by atoms with Crippen LogP contribution in [0, 0.1) is 62.3 Å². The van der Waals surface area contributed by atoms with Crippen molar-refractivity contribution in [3.63, 3.8) is 0 Å². The van der Waals surface area contributed by atoms with E-state index < -0.39 is 0 Å². The Hall–Kier alpha value is -3.33. The molecule has 0 radical (unpaired) electrons. The lowest BCUT2D eigenvalue weighted by Crippen LogP contribution is -1.98. The van der Waals surface area contributed by atoms with Gasteiger partial charge in [0.25, 0.3) is 0 Å². The van der Waals surface area contributed by atoms with Crippen molar-refractivity contribution in [2.75, 3.05) is 0 Å². The van der Waals surface area contributed by atoms with E-state index in [2.05, 4.69) is 56.5 Å². The quantitative estimate of drug-likeness (QED) is 0.226. The summed E-state index contributed by atoms with van der Waals surface area (Å²) in [4.78, 5) is 11.7. The van der Waals surface area contributed by atoms with Crippen molar-refractivity contribution < 1.29 is 0 Å². The van der Waals surface area contributed by atoms with Gasteiger partial charge in [-0.2, -0.15) is 0 Å². The second kappa shape index (κ2) is 26.3. The smallest absolute Gasteiger partial charge is 0.0372 e. The van der Waals surface area contributed by atoms with Gasteiger partial charge in [0.15, 0.2) is 0 Å². The van der Waals surface area contributed by atoms with Crippen molar-refractivity contribution in [2.45, 2.75) is 104 Å². The number of rotatable bonds is 0. The number of aromatic nitrogens is 3. The van der Waals surface area contributed by atoms with E-state index in [-0.39, 0.29) is 0 Å². The van der Waals surface area contributed by atoms with E-state index in [0.29, 0.717) is 0 Å². The number of nitrogens with zero attached hydrogens (tertiary/aromatic N) is 3. The number of hydrogen-bond acceptors (Lipinski definition) is 3. The summed E-state index contributed by atoms with van der Waals surface area (Å²) in [5.41, 5.74) is 12.3. The minimum atomic E-state index is 1.07. The molecule has 4 aromatic rings. The number of aryl methyl sites for hydroxylation is 3. The Morgan fingerprint density at radius 3 is 1.00 bits per heavy atom. The Morgan fingerprint density at radius 1 is 0.385 bits per heavy atom. The number of hydrogen-bond donors (Lipinski definition) is 0. The van der Waals surface area contributed by atoms with Crippen LogP contribution in [0.2, 0.25) is 0 Å². The molecule has 3 heteroatoms. The van der Waals surface area contributed by atoms with Crippen LogP contribution in [0.4, 0.5) is 0 Å². The van der Waals surface area contributed by atoms with Crippen LogP contribution in [0.25, 0.3) is 0 Å². The van der Waals surface area contributed by atoms with E-state index in [1.54, 1.807) is 24.8 Å². The molecule has 3 aromatic heterocycles. The average Bonchev–Trinajstić information content (AvgIpc) is 2.99. The predicted octanol–water partition coefficient (Wildman–Crippen LogP) is 10.8. The van der Waals surface area contributed by atoms with E-state index in [1.807, 2.05) is 111 Å². The molecule has 0 bridgehead atoms. The third-order valence-corrected chi connectivity index (χ3v) is 5.84. The Kier molecular flexibility index (Phi) is 27.1. The van der Waals surface area contributed by atoms with E-state index in [4.69, 9.17) is 0 Å². The molecule has 0 saturated heterocycles. The van der Waals surface area contributed by atoms with Gasteiger partial charge in [-0.25, -0.2) is 0 Å². The van der Waals surface area contributed by atoms with Gasteiger partial charge in [0, 0.05) is 36.7 Å². The van der Waals surface area contributed by atoms with Crippen LogP contribution >= 0.6 is 0 Å². The van der Waals surface area contributed by atoms with Gasteiger partial charge in [0.2, 0.25) is 0 Å². The van der Waals surface area contributed by atoms with Crippen LogP contribution in [-0.4, -0.2) is 15.0 Å². The average molecular weight is 532 g/mol. The first-order valence-corrected chi connectivity index (χ1v) is 14.3. The SMILES string of the molecule is CC.CC.CC.Cc1c(C)c(C)c(C)c(C)c1C.Cc1ccccn1.Cc1cccnc1.Cc1ccncc1. The summed E-state index contributed by atoms with van der Waals surface area (Å²) in [7, 11) is 0. The van der Waals surface area contributed by atoms with Crippen molar-refractivity contribution in [1.29, 1.82) is 0 Å². The minimum Gasteiger partial charge on any atom is -0.265 e. The van der Waals surface area contributed by atoms with Gasteiger partial charge in [0.05, 0.1) is 0 Å². The van der Waals surface area contributed by atoms with Gasteiger partial charge < -0.3 is 0 Å². The zero-order chi connectivity index (χ0) is 30.8. The highest BCUT2D eigenvalue weighted by Gasteiger charge is 2.07. The second-order valence-electron chi connectivity index (χ2n) is 8.28. The number of pyridine rings is 3. The molecule has 0 unspecified atom stereocenters. The first-order chi connectivity index (χ1) is 18.6. The molecule has 216 valence electrons. The molecule has 3 heterocycles. The first kappa shape index (κ1) is 40.2. The van der Waals surface area contributed by atoms with Gasteiger partial charge in [-0.1, -0.05) is 53.7 Å². The van der Waals surface area contributed by atoms with Crippen LogP contribution in [0.15, 0.2) is 73.4 Å². The zero-order valence-corrected chi connectivity index (χ0v) is 27.8. The first-order valence-electron chi connectivity index (χ1n) is 14.3. The van der Waals surface area contributed by atoms with Gasteiger partial charge in [-0.15, -0.1) is 0 Å². The van der Waals surface area contributed by atoms with Crippen molar-refractivity contribution in [3.8, 4) is 0 Å². The molecular formula is C36H57N3. The lowest BCUT2D eigenvalue weighted by Gasteiger charge is -2.15. The lowest BCUT2D eigenvalue weighted by atomic mass is 9.90. The van der Waals surface area contributed by atoms with Gasteiger partial charge in [-0.05, 0) is 137 Å². The third kappa shape index (κ3) is 18.5. The summed E-state index contributed by atoms with van der Waals surface area (Å²) in [5.74, 6) is 0. The van der Waals surface area contributed by atoms with E-state index in [1.165, 1.54) is 44.5 Å². The summed E-state index contributed by atoms with van der Waals surface area (Å²) in [6.07, 6.45) is 8.97. The fourth-order valence-electron chi connectivity index (χ4n) is 3.01. The molecule has 1 aromatic carbocycles. The summed E-state index contributed by atoms with van der Waals surface area (Å²) >= 11 is 0. The molecule has 0 spiro atoms. The second-order valence-corrected chi connectivity index (χ2v) is 8.28. The van der Waals surface area contributed by atoms with Crippen molar-refractivity contribution in [1.82, 2.24) is 15.0 Å². The standard InChI is InChI=1S/C12H18.3C6H7N.3C2H6/c1-7-8(2)10(4)12(6)11(5)9(7)3;1-6-2-4-7-5-3-6;1-6-3-2-4-7-5-6;1-6-4-2-3-5-7-6;3*1-2/h1-6H3;3*2-5H,1H3;3*1-2H3. The van der Waals surface area contributed by atoms with Crippen LogP contribution in [0.1, 0.15) is 91.7 Å². The molecule has 0 aliphatic rings. The van der Waals surface area contributed by atoms with Gasteiger partial charge in [-0.3, -0.25) is 15.0 Å². The van der Waals surface area contributed by atoms with E-state index in [9.17, 15) is 0 Å². The normalized spacial score (nSPS) is 8.38. The Labute approximate surface area is 242 Å². The summed E-state index contributed by atoms with van der Waals surface area (Å²) in [6.45, 7) is 31.3. The molecule has 0 fully saturated rings.